The maximum atomic E-state index is 12.9. The van der Waals surface area contributed by atoms with Crippen LogP contribution in [0.25, 0.3) is 0 Å². The van der Waals surface area contributed by atoms with Crippen LogP contribution in [0.1, 0.15) is 29.8 Å². The van der Waals surface area contributed by atoms with Gasteiger partial charge in [-0.1, -0.05) is 6.07 Å². The number of benzene rings is 2. The second kappa shape index (κ2) is 7.92. The molecule has 1 N–H and O–H groups in total. The average Bonchev–Trinajstić information content (AvgIpc) is 3.04. The third kappa shape index (κ3) is 4.05. The Morgan fingerprint density at radius 2 is 2.00 bits per heavy atom. The van der Waals surface area contributed by atoms with Gasteiger partial charge in [-0.15, -0.1) is 0 Å². The van der Waals surface area contributed by atoms with Gasteiger partial charge in [0.1, 0.15) is 4.90 Å². The van der Waals surface area contributed by atoms with Gasteiger partial charge in [-0.25, -0.2) is 13.2 Å². The molecule has 0 aromatic heterocycles. The minimum absolute atomic E-state index is 0.0148. The number of hydrogen-bond donors (Lipinski definition) is 1. The summed E-state index contributed by atoms with van der Waals surface area (Å²) in [6.45, 7) is 3.89. The van der Waals surface area contributed by atoms with Crippen molar-refractivity contribution in [3.8, 4) is 0 Å². The highest BCUT2D eigenvalue weighted by Gasteiger charge is 2.27. The molecule has 148 valence electrons. The van der Waals surface area contributed by atoms with E-state index in [-0.39, 0.29) is 28.7 Å². The highest BCUT2D eigenvalue weighted by molar-refractivity contribution is 9.10. The number of amides is 1. The maximum Gasteiger partial charge on any atom is 0.338 e. The lowest BCUT2D eigenvalue weighted by atomic mass is 10.2. The first kappa shape index (κ1) is 20.3. The molecule has 7 nitrogen and oxygen atoms in total. The van der Waals surface area contributed by atoms with Crippen LogP contribution in [0.15, 0.2) is 45.8 Å². The summed E-state index contributed by atoms with van der Waals surface area (Å²) in [4.78, 5) is 25.2. The number of anilines is 2. The first-order valence-electron chi connectivity index (χ1n) is 8.63. The molecule has 0 saturated carbocycles. The van der Waals surface area contributed by atoms with Gasteiger partial charge in [-0.3, -0.25) is 9.52 Å². The smallest absolute Gasteiger partial charge is 0.338 e. The normalized spacial score (nSPS) is 13.2. The van der Waals surface area contributed by atoms with E-state index in [1.807, 2.05) is 0 Å². The van der Waals surface area contributed by atoms with Gasteiger partial charge in [0.25, 0.3) is 10.0 Å². The molecule has 3 rings (SSSR count). The van der Waals surface area contributed by atoms with Crippen LogP contribution in [0.4, 0.5) is 11.4 Å². The van der Waals surface area contributed by atoms with Crippen molar-refractivity contribution >= 4 is 49.2 Å². The fourth-order valence-electron chi connectivity index (χ4n) is 3.06. The summed E-state index contributed by atoms with van der Waals surface area (Å²) in [6.07, 6.45) is 0.669. The van der Waals surface area contributed by atoms with E-state index in [0.717, 1.165) is 5.56 Å². The Kier molecular flexibility index (Phi) is 5.76. The summed E-state index contributed by atoms with van der Waals surface area (Å²) in [5, 5.41) is 0. The molecular weight excluding hydrogens is 448 g/mol. The summed E-state index contributed by atoms with van der Waals surface area (Å²) < 4.78 is 33.7. The highest BCUT2D eigenvalue weighted by atomic mass is 79.9. The van der Waals surface area contributed by atoms with Crippen molar-refractivity contribution in [3.05, 3.63) is 52.0 Å². The van der Waals surface area contributed by atoms with E-state index >= 15 is 0 Å². The Labute approximate surface area is 171 Å². The number of sulfonamides is 1. The van der Waals surface area contributed by atoms with E-state index in [1.165, 1.54) is 19.1 Å². The second-order valence-corrected chi connectivity index (χ2v) is 8.74. The molecule has 9 heteroatoms. The molecule has 0 bridgehead atoms. The predicted molar refractivity (Wildman–Crippen MR) is 109 cm³/mol. The number of nitrogens with zero attached hydrogens (tertiary/aromatic N) is 1. The summed E-state index contributed by atoms with van der Waals surface area (Å²) in [6, 6.07) is 9.29. The minimum Gasteiger partial charge on any atom is -0.462 e. The first-order chi connectivity index (χ1) is 13.2. The van der Waals surface area contributed by atoms with Crippen LogP contribution < -0.4 is 9.62 Å². The quantitative estimate of drug-likeness (QED) is 0.682. The molecule has 0 saturated heterocycles. The van der Waals surface area contributed by atoms with Gasteiger partial charge in [0, 0.05) is 29.3 Å². The van der Waals surface area contributed by atoms with Gasteiger partial charge in [0.2, 0.25) is 5.91 Å². The molecule has 0 unspecified atom stereocenters. The van der Waals surface area contributed by atoms with E-state index in [0.29, 0.717) is 23.1 Å². The third-order valence-electron chi connectivity index (χ3n) is 4.32. The van der Waals surface area contributed by atoms with Crippen LogP contribution in [0.2, 0.25) is 0 Å². The van der Waals surface area contributed by atoms with Crippen LogP contribution >= 0.6 is 15.9 Å². The number of carbonyl (C=O) groups excluding carboxylic acids is 2. The van der Waals surface area contributed by atoms with E-state index in [1.54, 1.807) is 36.1 Å². The van der Waals surface area contributed by atoms with Gasteiger partial charge in [-0.05, 0) is 65.2 Å². The van der Waals surface area contributed by atoms with Gasteiger partial charge < -0.3 is 9.64 Å². The molecule has 2 aromatic rings. The van der Waals surface area contributed by atoms with Crippen molar-refractivity contribution in [2.75, 3.05) is 22.8 Å². The molecular formula is C19H19BrN2O5S. The van der Waals surface area contributed by atoms with Crippen molar-refractivity contribution in [2.45, 2.75) is 25.2 Å². The number of ether oxygens (including phenoxy) is 1. The Morgan fingerprint density at radius 1 is 1.25 bits per heavy atom. The third-order valence-corrected chi connectivity index (χ3v) is 6.66. The summed E-state index contributed by atoms with van der Waals surface area (Å²) in [5.74, 6) is -0.668. The average molecular weight is 467 g/mol. The second-order valence-electron chi connectivity index (χ2n) is 6.24. The predicted octanol–water partition coefficient (Wildman–Crippen LogP) is 3.34. The minimum atomic E-state index is -3.96. The maximum absolute atomic E-state index is 12.9. The molecule has 0 spiro atoms. The van der Waals surface area contributed by atoms with E-state index in [4.69, 9.17) is 4.74 Å². The Bertz CT molecular complexity index is 1050. The lowest BCUT2D eigenvalue weighted by Gasteiger charge is -2.17. The van der Waals surface area contributed by atoms with Crippen molar-refractivity contribution < 1.29 is 22.7 Å². The Balaban J connectivity index is 1.94. The van der Waals surface area contributed by atoms with Crippen LogP contribution in [0.5, 0.6) is 0 Å². The molecule has 1 heterocycles. The van der Waals surface area contributed by atoms with Gasteiger partial charge in [0.15, 0.2) is 0 Å². The monoisotopic (exact) mass is 466 g/mol. The molecule has 0 atom stereocenters. The van der Waals surface area contributed by atoms with Crippen LogP contribution in [0, 0.1) is 0 Å². The zero-order chi connectivity index (χ0) is 20.5. The zero-order valence-corrected chi connectivity index (χ0v) is 17.8. The van der Waals surface area contributed by atoms with E-state index < -0.39 is 16.0 Å². The molecule has 1 aliphatic heterocycles. The van der Waals surface area contributed by atoms with Gasteiger partial charge >= 0.3 is 5.97 Å². The number of halogens is 1. The van der Waals surface area contributed by atoms with Crippen molar-refractivity contribution in [2.24, 2.45) is 0 Å². The number of fused-ring (bicyclic) bond motifs is 1. The topological polar surface area (TPSA) is 92.8 Å². The number of hydrogen-bond acceptors (Lipinski definition) is 5. The standard InChI is InChI=1S/C19H19BrN2O5S/c1-3-27-19(24)14-5-4-6-15(9-14)21-28(25,26)18-11-17-13(10-16(18)20)7-8-22(17)12(2)23/h4-6,9-11,21H,3,7-8H2,1-2H3. The number of nitrogens with one attached hydrogen (secondary N) is 1. The van der Waals surface area contributed by atoms with E-state index in [9.17, 15) is 18.0 Å². The highest BCUT2D eigenvalue weighted by Crippen LogP contribution is 2.36. The molecule has 0 radical (unpaired) electrons. The number of rotatable bonds is 5. The SMILES string of the molecule is CCOC(=O)c1cccc(NS(=O)(=O)c2cc3c(cc2Br)CCN3C(C)=O)c1. The molecule has 28 heavy (non-hydrogen) atoms. The van der Waals surface area contributed by atoms with Crippen molar-refractivity contribution in [3.63, 3.8) is 0 Å². The largest absolute Gasteiger partial charge is 0.462 e. The fraction of sp³-hybridized carbons (Fsp3) is 0.263. The van der Waals surface area contributed by atoms with Crippen molar-refractivity contribution in [1.82, 2.24) is 0 Å². The summed E-state index contributed by atoms with van der Waals surface area (Å²) in [5.41, 5.74) is 1.99. The number of carbonyl (C=O) groups is 2. The lowest BCUT2D eigenvalue weighted by molar-refractivity contribution is -0.116. The molecule has 1 aliphatic rings. The summed E-state index contributed by atoms with van der Waals surface area (Å²) in [7, 11) is -3.96. The Hall–Kier alpha value is -2.39. The van der Waals surface area contributed by atoms with Crippen LogP contribution in [-0.2, 0) is 26.0 Å². The first-order valence-corrected chi connectivity index (χ1v) is 10.9. The fourth-order valence-corrected chi connectivity index (χ4v) is 5.22. The van der Waals surface area contributed by atoms with Gasteiger partial charge in [-0.2, -0.15) is 0 Å². The van der Waals surface area contributed by atoms with Gasteiger partial charge in [0.05, 0.1) is 12.2 Å². The van der Waals surface area contributed by atoms with Crippen LogP contribution in [-0.4, -0.2) is 33.4 Å². The molecule has 2 aromatic carbocycles. The van der Waals surface area contributed by atoms with E-state index in [2.05, 4.69) is 20.7 Å². The molecule has 1 amide bonds. The lowest BCUT2D eigenvalue weighted by Crippen LogP contribution is -2.26. The molecule has 0 fully saturated rings. The Morgan fingerprint density at radius 3 is 2.68 bits per heavy atom. The molecule has 0 aliphatic carbocycles. The van der Waals surface area contributed by atoms with Crippen LogP contribution in [0.3, 0.4) is 0 Å². The van der Waals surface area contributed by atoms with Crippen molar-refractivity contribution in [1.29, 1.82) is 0 Å². The summed E-state index contributed by atoms with van der Waals surface area (Å²) >= 11 is 3.32. The zero-order valence-electron chi connectivity index (χ0n) is 15.4. The number of esters is 1.